The van der Waals surface area contributed by atoms with E-state index in [0.29, 0.717) is 5.92 Å². The molecule has 0 aromatic heterocycles. The summed E-state index contributed by atoms with van der Waals surface area (Å²) in [5, 5.41) is 0. The molecule has 3 aliphatic rings. The zero-order chi connectivity index (χ0) is 15.5. The molecule has 0 N–H and O–H groups in total. The molecule has 2 heterocycles. The summed E-state index contributed by atoms with van der Waals surface area (Å²) in [6.07, 6.45) is 7.31. The Morgan fingerprint density at radius 2 is 2.23 bits per heavy atom. The second-order valence-electron chi connectivity index (χ2n) is 7.29. The van der Waals surface area contributed by atoms with Gasteiger partial charge in [-0.25, -0.2) is 0 Å². The van der Waals surface area contributed by atoms with Gasteiger partial charge < -0.3 is 14.4 Å². The summed E-state index contributed by atoms with van der Waals surface area (Å²) in [6.45, 7) is 6.59. The Balaban J connectivity index is 2.00. The van der Waals surface area contributed by atoms with Crippen molar-refractivity contribution in [3.63, 3.8) is 0 Å². The molecule has 1 spiro atoms. The van der Waals surface area contributed by atoms with Crippen molar-refractivity contribution in [2.75, 3.05) is 20.7 Å². The van der Waals surface area contributed by atoms with Crippen molar-refractivity contribution in [2.45, 2.75) is 44.8 Å². The summed E-state index contributed by atoms with van der Waals surface area (Å²) in [4.78, 5) is 2.44. The Bertz CT molecular complexity index is 651. The van der Waals surface area contributed by atoms with Gasteiger partial charge in [0.1, 0.15) is 6.10 Å². The quantitative estimate of drug-likeness (QED) is 0.742. The third-order valence-electron chi connectivity index (χ3n) is 5.74. The van der Waals surface area contributed by atoms with Crippen molar-refractivity contribution in [1.82, 2.24) is 4.90 Å². The molecule has 1 aromatic carbocycles. The van der Waals surface area contributed by atoms with Crippen LogP contribution < -0.4 is 9.47 Å². The first-order valence-corrected chi connectivity index (χ1v) is 8.30. The number of hydrogen-bond acceptors (Lipinski definition) is 3. The molecule has 2 aliphatic heterocycles. The van der Waals surface area contributed by atoms with Crippen molar-refractivity contribution in [3.05, 3.63) is 34.9 Å². The molecule has 0 radical (unpaired) electrons. The Hall–Kier alpha value is -1.48. The molecule has 4 rings (SSSR count). The van der Waals surface area contributed by atoms with Gasteiger partial charge in [0.2, 0.25) is 0 Å². The van der Waals surface area contributed by atoms with Gasteiger partial charge in [-0.15, -0.1) is 0 Å². The monoisotopic (exact) mass is 299 g/mol. The maximum atomic E-state index is 6.47. The SMILES string of the molecule is COc1cc(C)c2c3c1O[C@@H]1CC(C)C=C[C@]31CCN(C)C2. The van der Waals surface area contributed by atoms with Gasteiger partial charge in [-0.3, -0.25) is 0 Å². The van der Waals surface area contributed by atoms with Crippen LogP contribution in [0.15, 0.2) is 18.2 Å². The van der Waals surface area contributed by atoms with Crippen LogP contribution in [0, 0.1) is 12.8 Å². The Morgan fingerprint density at radius 3 is 3.00 bits per heavy atom. The number of methoxy groups -OCH3 is 1. The predicted molar refractivity (Wildman–Crippen MR) is 87.7 cm³/mol. The second-order valence-corrected chi connectivity index (χ2v) is 7.29. The summed E-state index contributed by atoms with van der Waals surface area (Å²) in [5.74, 6) is 2.49. The van der Waals surface area contributed by atoms with Gasteiger partial charge in [0, 0.05) is 12.1 Å². The molecule has 22 heavy (non-hydrogen) atoms. The summed E-state index contributed by atoms with van der Waals surface area (Å²) < 4.78 is 12.1. The first kappa shape index (κ1) is 14.1. The molecule has 1 aromatic rings. The second kappa shape index (κ2) is 4.76. The van der Waals surface area contributed by atoms with Gasteiger partial charge in [0.25, 0.3) is 0 Å². The lowest BCUT2D eigenvalue weighted by Gasteiger charge is -2.36. The van der Waals surface area contributed by atoms with Crippen LogP contribution in [0.5, 0.6) is 11.5 Å². The van der Waals surface area contributed by atoms with Crippen LogP contribution in [-0.4, -0.2) is 31.7 Å². The van der Waals surface area contributed by atoms with Crippen LogP contribution in [0.25, 0.3) is 0 Å². The molecule has 3 nitrogen and oxygen atoms in total. The third kappa shape index (κ3) is 1.78. The molecule has 0 saturated carbocycles. The molecular weight excluding hydrogens is 274 g/mol. The van der Waals surface area contributed by atoms with E-state index in [2.05, 4.69) is 44.0 Å². The van der Waals surface area contributed by atoms with Gasteiger partial charge >= 0.3 is 0 Å². The molecule has 3 atom stereocenters. The summed E-state index contributed by atoms with van der Waals surface area (Å²) in [6, 6.07) is 2.14. The highest BCUT2D eigenvalue weighted by molar-refractivity contribution is 5.63. The molecule has 0 fully saturated rings. The van der Waals surface area contributed by atoms with E-state index in [9.17, 15) is 0 Å². The van der Waals surface area contributed by atoms with Gasteiger partial charge in [0.05, 0.1) is 12.5 Å². The van der Waals surface area contributed by atoms with Crippen molar-refractivity contribution in [3.8, 4) is 11.5 Å². The zero-order valence-corrected chi connectivity index (χ0v) is 14.0. The molecule has 0 saturated heterocycles. The topological polar surface area (TPSA) is 21.7 Å². The summed E-state index contributed by atoms with van der Waals surface area (Å²) >= 11 is 0. The van der Waals surface area contributed by atoms with Crippen LogP contribution in [0.2, 0.25) is 0 Å². The van der Waals surface area contributed by atoms with E-state index in [1.807, 2.05) is 0 Å². The van der Waals surface area contributed by atoms with E-state index in [1.54, 1.807) is 7.11 Å². The van der Waals surface area contributed by atoms with Crippen molar-refractivity contribution >= 4 is 0 Å². The minimum atomic E-state index is 0.0429. The van der Waals surface area contributed by atoms with Gasteiger partial charge in [-0.2, -0.15) is 0 Å². The zero-order valence-electron chi connectivity index (χ0n) is 14.0. The largest absolute Gasteiger partial charge is 0.493 e. The Labute approximate surface area is 132 Å². The lowest BCUT2D eigenvalue weighted by atomic mass is 9.67. The minimum Gasteiger partial charge on any atom is -0.493 e. The lowest BCUT2D eigenvalue weighted by Crippen LogP contribution is -2.41. The first-order valence-electron chi connectivity index (χ1n) is 8.30. The Morgan fingerprint density at radius 1 is 1.41 bits per heavy atom. The average molecular weight is 299 g/mol. The normalized spacial score (nSPS) is 32.9. The average Bonchev–Trinajstić information content (AvgIpc) is 2.74. The van der Waals surface area contributed by atoms with E-state index in [0.717, 1.165) is 37.4 Å². The highest BCUT2D eigenvalue weighted by Gasteiger charge is 2.52. The fourth-order valence-corrected chi connectivity index (χ4v) is 4.48. The third-order valence-corrected chi connectivity index (χ3v) is 5.74. The fourth-order valence-electron chi connectivity index (χ4n) is 4.48. The van der Waals surface area contributed by atoms with Crippen LogP contribution in [0.1, 0.15) is 36.5 Å². The standard InChI is InChI=1S/C19H25NO2/c1-12-5-6-19-7-8-20(3)11-14-13(2)10-15(21-4)18(17(14)19)22-16(19)9-12/h5-6,10,12,16H,7-9,11H2,1-4H3/t12?,16-,19-/m1/s1. The van der Waals surface area contributed by atoms with E-state index in [4.69, 9.17) is 9.47 Å². The van der Waals surface area contributed by atoms with Gasteiger partial charge in [-0.1, -0.05) is 19.1 Å². The molecule has 118 valence electrons. The maximum Gasteiger partial charge on any atom is 0.166 e. The predicted octanol–water partition coefficient (Wildman–Crippen LogP) is 3.43. The van der Waals surface area contributed by atoms with Gasteiger partial charge in [0.15, 0.2) is 11.5 Å². The van der Waals surface area contributed by atoms with Crippen LogP contribution >= 0.6 is 0 Å². The van der Waals surface area contributed by atoms with Crippen LogP contribution in [0.3, 0.4) is 0 Å². The van der Waals surface area contributed by atoms with Crippen molar-refractivity contribution in [2.24, 2.45) is 5.92 Å². The minimum absolute atomic E-state index is 0.0429. The molecule has 3 heteroatoms. The number of hydrogen-bond donors (Lipinski definition) is 0. The van der Waals surface area contributed by atoms with Gasteiger partial charge in [-0.05, 0) is 56.5 Å². The fraction of sp³-hybridized carbons (Fsp3) is 0.579. The van der Waals surface area contributed by atoms with E-state index in [1.165, 1.54) is 16.7 Å². The number of allylic oxidation sites excluding steroid dienone is 1. The lowest BCUT2D eigenvalue weighted by molar-refractivity contribution is 0.127. The molecule has 1 aliphatic carbocycles. The summed E-state index contributed by atoms with van der Waals surface area (Å²) in [5.41, 5.74) is 4.21. The highest BCUT2D eigenvalue weighted by atomic mass is 16.5. The van der Waals surface area contributed by atoms with Crippen LogP contribution in [-0.2, 0) is 12.0 Å². The molecule has 0 bridgehead atoms. The summed E-state index contributed by atoms with van der Waals surface area (Å²) in [7, 11) is 3.97. The van der Waals surface area contributed by atoms with E-state index < -0.39 is 0 Å². The van der Waals surface area contributed by atoms with Crippen molar-refractivity contribution < 1.29 is 9.47 Å². The molecule has 1 unspecified atom stereocenters. The highest BCUT2D eigenvalue weighted by Crippen LogP contribution is 2.56. The number of nitrogens with zero attached hydrogens (tertiary/aromatic N) is 1. The number of rotatable bonds is 1. The number of benzene rings is 1. The van der Waals surface area contributed by atoms with Crippen LogP contribution in [0.4, 0.5) is 0 Å². The van der Waals surface area contributed by atoms with E-state index >= 15 is 0 Å². The number of ether oxygens (including phenoxy) is 2. The molecule has 0 amide bonds. The van der Waals surface area contributed by atoms with E-state index in [-0.39, 0.29) is 11.5 Å². The number of aryl methyl sites for hydroxylation is 1. The van der Waals surface area contributed by atoms with Crippen molar-refractivity contribution in [1.29, 1.82) is 0 Å². The maximum absolute atomic E-state index is 6.47. The first-order chi connectivity index (χ1) is 10.5. The Kier molecular flexibility index (Phi) is 3.06. The molecular formula is C19H25NO2. The smallest absolute Gasteiger partial charge is 0.166 e.